The first-order chi connectivity index (χ1) is 9.53. The second-order valence-corrected chi connectivity index (χ2v) is 7.00. The number of nitrogens with zero attached hydrogens (tertiary/aromatic N) is 4. The molecule has 0 spiro atoms. The van der Waals surface area contributed by atoms with Crippen LogP contribution in [0.5, 0.6) is 0 Å². The van der Waals surface area contributed by atoms with Gasteiger partial charge in [0, 0.05) is 43.2 Å². The number of imidazole rings is 1. The molecule has 0 aromatic carbocycles. The molecule has 20 heavy (non-hydrogen) atoms. The van der Waals surface area contributed by atoms with Gasteiger partial charge in [-0.05, 0) is 27.4 Å². The van der Waals surface area contributed by atoms with Crippen LogP contribution in [0, 0.1) is 0 Å². The second kappa shape index (κ2) is 5.02. The zero-order valence-corrected chi connectivity index (χ0v) is 13.3. The summed E-state index contributed by atoms with van der Waals surface area (Å²) in [5.74, 6) is 1.13. The van der Waals surface area contributed by atoms with Gasteiger partial charge in [-0.25, -0.2) is 4.98 Å². The third-order valence-electron chi connectivity index (χ3n) is 4.34. The topological polar surface area (TPSA) is 49.8 Å². The molecule has 3 heterocycles. The Hall–Kier alpha value is -1.11. The van der Waals surface area contributed by atoms with Crippen LogP contribution in [0.1, 0.15) is 19.5 Å². The molecule has 0 aliphatic carbocycles. The van der Waals surface area contributed by atoms with Crippen molar-refractivity contribution in [1.29, 1.82) is 0 Å². The number of thiazole rings is 1. The lowest BCUT2D eigenvalue weighted by atomic mass is 9.99. The highest BCUT2D eigenvalue weighted by Gasteiger charge is 2.33. The highest BCUT2D eigenvalue weighted by molar-refractivity contribution is 7.15. The Balaban J connectivity index is 1.97. The molecule has 1 saturated heterocycles. The fourth-order valence-electron chi connectivity index (χ4n) is 2.86. The summed E-state index contributed by atoms with van der Waals surface area (Å²) in [4.78, 5) is 10.8. The minimum atomic E-state index is 0.176. The third kappa shape index (κ3) is 2.21. The summed E-state index contributed by atoms with van der Waals surface area (Å²) in [6.07, 6.45) is 2.97. The lowest BCUT2D eigenvalue weighted by Gasteiger charge is -2.45. The van der Waals surface area contributed by atoms with Crippen LogP contribution in [-0.2, 0) is 6.42 Å². The van der Waals surface area contributed by atoms with Gasteiger partial charge < -0.3 is 10.6 Å². The van der Waals surface area contributed by atoms with E-state index in [1.54, 1.807) is 11.3 Å². The molecule has 5 nitrogen and oxygen atoms in total. The zero-order chi connectivity index (χ0) is 14.3. The second-order valence-electron chi connectivity index (χ2n) is 6.13. The number of hydrogen-bond acceptors (Lipinski definition) is 5. The van der Waals surface area contributed by atoms with Crippen molar-refractivity contribution < 1.29 is 0 Å². The number of aromatic nitrogens is 2. The van der Waals surface area contributed by atoms with Crippen molar-refractivity contribution in [3.8, 4) is 0 Å². The summed E-state index contributed by atoms with van der Waals surface area (Å²) in [6, 6.07) is 0. The molecule has 2 aromatic heterocycles. The quantitative estimate of drug-likeness (QED) is 0.930. The smallest absolute Gasteiger partial charge is 0.195 e. The third-order valence-corrected chi connectivity index (χ3v) is 5.09. The Morgan fingerprint density at radius 1 is 1.40 bits per heavy atom. The molecule has 1 fully saturated rings. The van der Waals surface area contributed by atoms with Crippen LogP contribution in [0.15, 0.2) is 11.6 Å². The van der Waals surface area contributed by atoms with E-state index in [1.165, 1.54) is 5.69 Å². The van der Waals surface area contributed by atoms with Gasteiger partial charge in [-0.15, -0.1) is 11.3 Å². The normalized spacial score (nSPS) is 19.9. The van der Waals surface area contributed by atoms with E-state index in [0.29, 0.717) is 6.54 Å². The van der Waals surface area contributed by atoms with Crippen LogP contribution in [0.2, 0.25) is 0 Å². The van der Waals surface area contributed by atoms with Crippen molar-refractivity contribution in [3.05, 3.63) is 17.3 Å². The average Bonchev–Trinajstić information content (AvgIpc) is 2.96. The fourth-order valence-corrected chi connectivity index (χ4v) is 3.59. The van der Waals surface area contributed by atoms with Gasteiger partial charge in [0.25, 0.3) is 0 Å². The van der Waals surface area contributed by atoms with Gasteiger partial charge in [0.05, 0.1) is 5.69 Å². The average molecular weight is 293 g/mol. The molecule has 0 unspecified atom stereocenters. The molecular weight excluding hydrogens is 270 g/mol. The van der Waals surface area contributed by atoms with E-state index in [1.807, 2.05) is 0 Å². The first-order valence-electron chi connectivity index (χ1n) is 7.13. The lowest BCUT2D eigenvalue weighted by Crippen LogP contribution is -2.58. The van der Waals surface area contributed by atoms with Gasteiger partial charge in [-0.2, -0.15) is 0 Å². The van der Waals surface area contributed by atoms with Crippen LogP contribution in [-0.4, -0.2) is 53.1 Å². The molecule has 3 rings (SSSR count). The standard InChI is InChI=1S/C14H23N5S/c1-14(2)10-18(7-6-17(14)3)12-11(4-5-15)19-8-9-20-13(19)16-12/h8-9H,4-7,10,15H2,1-3H3. The van der Waals surface area contributed by atoms with Crippen molar-refractivity contribution in [2.75, 3.05) is 38.1 Å². The minimum absolute atomic E-state index is 0.176. The van der Waals surface area contributed by atoms with E-state index in [2.05, 4.69) is 46.7 Å². The summed E-state index contributed by atoms with van der Waals surface area (Å²) in [7, 11) is 2.20. The maximum atomic E-state index is 5.79. The largest absolute Gasteiger partial charge is 0.352 e. The van der Waals surface area contributed by atoms with Crippen LogP contribution >= 0.6 is 11.3 Å². The summed E-state index contributed by atoms with van der Waals surface area (Å²) in [6.45, 7) is 8.35. The van der Waals surface area contributed by atoms with Crippen LogP contribution < -0.4 is 10.6 Å². The highest BCUT2D eigenvalue weighted by atomic mass is 32.1. The minimum Gasteiger partial charge on any atom is -0.352 e. The molecule has 0 atom stereocenters. The molecule has 1 aliphatic rings. The number of fused-ring (bicyclic) bond motifs is 1. The first-order valence-corrected chi connectivity index (χ1v) is 8.01. The zero-order valence-electron chi connectivity index (χ0n) is 12.5. The number of anilines is 1. The lowest BCUT2D eigenvalue weighted by molar-refractivity contribution is 0.138. The predicted octanol–water partition coefficient (Wildman–Crippen LogP) is 1.43. The molecule has 0 amide bonds. The number of likely N-dealkylation sites (N-methyl/N-ethyl adjacent to an activating group) is 1. The summed E-state index contributed by atoms with van der Waals surface area (Å²) in [5.41, 5.74) is 7.22. The van der Waals surface area contributed by atoms with Gasteiger partial charge in [-0.1, -0.05) is 0 Å². The van der Waals surface area contributed by atoms with Crippen molar-refractivity contribution >= 4 is 22.1 Å². The van der Waals surface area contributed by atoms with Gasteiger partial charge in [0.15, 0.2) is 10.8 Å². The van der Waals surface area contributed by atoms with E-state index < -0.39 is 0 Å². The Bertz CT molecular complexity index is 600. The Morgan fingerprint density at radius 3 is 2.90 bits per heavy atom. The van der Waals surface area contributed by atoms with Gasteiger partial charge in [-0.3, -0.25) is 9.30 Å². The molecular formula is C14H23N5S. The van der Waals surface area contributed by atoms with E-state index in [-0.39, 0.29) is 5.54 Å². The van der Waals surface area contributed by atoms with Crippen molar-refractivity contribution in [2.24, 2.45) is 5.73 Å². The SMILES string of the molecule is CN1CCN(c2nc3sccn3c2CCN)CC1(C)C. The van der Waals surface area contributed by atoms with E-state index in [0.717, 1.165) is 36.8 Å². The maximum absolute atomic E-state index is 5.79. The number of rotatable bonds is 3. The Morgan fingerprint density at radius 2 is 2.20 bits per heavy atom. The monoisotopic (exact) mass is 293 g/mol. The number of hydrogen-bond donors (Lipinski definition) is 1. The highest BCUT2D eigenvalue weighted by Crippen LogP contribution is 2.29. The maximum Gasteiger partial charge on any atom is 0.195 e. The number of nitrogens with two attached hydrogens (primary N) is 1. The van der Waals surface area contributed by atoms with Crippen LogP contribution in [0.25, 0.3) is 4.96 Å². The predicted molar refractivity (Wildman–Crippen MR) is 84.7 cm³/mol. The Labute approximate surface area is 124 Å². The molecule has 110 valence electrons. The van der Waals surface area contributed by atoms with Crippen LogP contribution in [0.3, 0.4) is 0 Å². The van der Waals surface area contributed by atoms with E-state index >= 15 is 0 Å². The van der Waals surface area contributed by atoms with E-state index in [4.69, 9.17) is 10.7 Å². The molecule has 0 radical (unpaired) electrons. The fraction of sp³-hybridized carbons (Fsp3) is 0.643. The summed E-state index contributed by atoms with van der Waals surface area (Å²) < 4.78 is 2.19. The molecule has 1 aliphatic heterocycles. The molecule has 0 bridgehead atoms. The summed E-state index contributed by atoms with van der Waals surface area (Å²) in [5, 5.41) is 2.08. The molecule has 0 saturated carbocycles. The van der Waals surface area contributed by atoms with Crippen molar-refractivity contribution in [3.63, 3.8) is 0 Å². The summed E-state index contributed by atoms with van der Waals surface area (Å²) >= 11 is 1.69. The molecule has 2 N–H and O–H groups in total. The molecule has 6 heteroatoms. The van der Waals surface area contributed by atoms with Crippen molar-refractivity contribution in [1.82, 2.24) is 14.3 Å². The number of piperazine rings is 1. The van der Waals surface area contributed by atoms with Crippen LogP contribution in [0.4, 0.5) is 5.82 Å². The van der Waals surface area contributed by atoms with Gasteiger partial charge in [0.2, 0.25) is 0 Å². The van der Waals surface area contributed by atoms with Gasteiger partial charge in [0.1, 0.15) is 0 Å². The van der Waals surface area contributed by atoms with Gasteiger partial charge >= 0.3 is 0 Å². The molecule has 2 aromatic rings. The first kappa shape index (κ1) is 13.9. The Kier molecular flexibility index (Phi) is 3.48. The van der Waals surface area contributed by atoms with E-state index in [9.17, 15) is 0 Å². The van der Waals surface area contributed by atoms with Crippen molar-refractivity contribution in [2.45, 2.75) is 25.8 Å².